The monoisotopic (exact) mass is 379 g/mol. The lowest BCUT2D eigenvalue weighted by Crippen LogP contribution is -2.12. The van der Waals surface area contributed by atoms with Gasteiger partial charge in [-0.1, -0.05) is 46.9 Å². The Labute approximate surface area is 154 Å². The molecule has 0 aliphatic heterocycles. The normalized spacial score (nSPS) is 10.6. The van der Waals surface area contributed by atoms with Gasteiger partial charge < -0.3 is 5.32 Å². The van der Waals surface area contributed by atoms with E-state index in [1.165, 1.54) is 6.07 Å². The molecule has 0 bridgehead atoms. The third-order valence-corrected chi connectivity index (χ3v) is 4.08. The molecule has 24 heavy (non-hydrogen) atoms. The highest BCUT2D eigenvalue weighted by atomic mass is 35.5. The zero-order chi connectivity index (χ0) is 17.1. The van der Waals surface area contributed by atoms with Crippen LogP contribution in [-0.4, -0.2) is 15.7 Å². The molecule has 1 heterocycles. The molecule has 0 saturated heterocycles. The van der Waals surface area contributed by atoms with Gasteiger partial charge in [-0.15, -0.1) is 0 Å². The van der Waals surface area contributed by atoms with Gasteiger partial charge in [-0.05, 0) is 35.9 Å². The van der Waals surface area contributed by atoms with Gasteiger partial charge in [0.1, 0.15) is 0 Å². The van der Waals surface area contributed by atoms with E-state index in [1.807, 2.05) is 24.3 Å². The van der Waals surface area contributed by atoms with Crippen LogP contribution in [0.15, 0.2) is 54.9 Å². The van der Waals surface area contributed by atoms with Crippen molar-refractivity contribution >= 4 is 46.4 Å². The predicted molar refractivity (Wildman–Crippen MR) is 97.2 cm³/mol. The minimum absolute atomic E-state index is 0.298. The molecule has 0 saturated carbocycles. The second-order valence-electron chi connectivity index (χ2n) is 5.13. The van der Waals surface area contributed by atoms with Gasteiger partial charge in [-0.25, -0.2) is 0 Å². The molecule has 0 aliphatic carbocycles. The van der Waals surface area contributed by atoms with Crippen molar-refractivity contribution in [2.24, 2.45) is 0 Å². The van der Waals surface area contributed by atoms with E-state index in [9.17, 15) is 4.79 Å². The van der Waals surface area contributed by atoms with Gasteiger partial charge in [0.2, 0.25) is 0 Å². The van der Waals surface area contributed by atoms with E-state index < -0.39 is 0 Å². The standard InChI is InChI=1S/C17H12Cl3N3O/c18-12-3-1-2-11(6-12)9-23-10-14(8-21-23)22-17(24)15-5-4-13(19)7-16(15)20/h1-8,10H,9H2,(H,22,24). The SMILES string of the molecule is O=C(Nc1cnn(Cc2cccc(Cl)c2)c1)c1ccc(Cl)cc1Cl. The lowest BCUT2D eigenvalue weighted by atomic mass is 10.2. The Bertz CT molecular complexity index is 892. The predicted octanol–water partition coefficient (Wildman–Crippen LogP) is 5.14. The summed E-state index contributed by atoms with van der Waals surface area (Å²) in [6, 6.07) is 12.2. The second kappa shape index (κ2) is 7.26. The fraction of sp³-hybridized carbons (Fsp3) is 0.0588. The van der Waals surface area contributed by atoms with Gasteiger partial charge in [0, 0.05) is 16.2 Å². The molecular weight excluding hydrogens is 369 g/mol. The summed E-state index contributed by atoms with van der Waals surface area (Å²) in [5.74, 6) is -0.320. The van der Waals surface area contributed by atoms with Gasteiger partial charge in [0.15, 0.2) is 0 Å². The average molecular weight is 381 g/mol. The number of halogens is 3. The van der Waals surface area contributed by atoms with Crippen LogP contribution >= 0.6 is 34.8 Å². The van der Waals surface area contributed by atoms with E-state index in [4.69, 9.17) is 34.8 Å². The van der Waals surface area contributed by atoms with Crippen molar-refractivity contribution in [2.75, 3.05) is 5.32 Å². The number of anilines is 1. The molecule has 0 radical (unpaired) electrons. The van der Waals surface area contributed by atoms with Crippen LogP contribution in [0.4, 0.5) is 5.69 Å². The Balaban J connectivity index is 1.70. The summed E-state index contributed by atoms with van der Waals surface area (Å²) in [5.41, 5.74) is 1.95. The topological polar surface area (TPSA) is 46.9 Å². The smallest absolute Gasteiger partial charge is 0.257 e. The summed E-state index contributed by atoms with van der Waals surface area (Å²) in [6.07, 6.45) is 3.31. The lowest BCUT2D eigenvalue weighted by Gasteiger charge is -2.05. The summed E-state index contributed by atoms with van der Waals surface area (Å²) >= 11 is 17.8. The third-order valence-electron chi connectivity index (χ3n) is 3.30. The number of rotatable bonds is 4. The first-order valence-corrected chi connectivity index (χ1v) is 8.18. The van der Waals surface area contributed by atoms with E-state index in [-0.39, 0.29) is 5.91 Å². The number of amides is 1. The Morgan fingerprint density at radius 1 is 1.08 bits per heavy atom. The number of hydrogen-bond donors (Lipinski definition) is 1. The molecule has 0 fully saturated rings. The number of nitrogens with zero attached hydrogens (tertiary/aromatic N) is 2. The number of carbonyl (C=O) groups is 1. The maximum Gasteiger partial charge on any atom is 0.257 e. The summed E-state index contributed by atoms with van der Waals surface area (Å²) in [5, 5.41) is 8.44. The van der Waals surface area contributed by atoms with Crippen molar-refractivity contribution in [2.45, 2.75) is 6.54 Å². The number of aromatic nitrogens is 2. The van der Waals surface area contributed by atoms with Crippen molar-refractivity contribution < 1.29 is 4.79 Å². The molecule has 0 unspecified atom stereocenters. The Hall–Kier alpha value is -2.01. The van der Waals surface area contributed by atoms with Crippen molar-refractivity contribution in [3.8, 4) is 0 Å². The molecule has 7 heteroatoms. The lowest BCUT2D eigenvalue weighted by molar-refractivity contribution is 0.102. The summed E-state index contributed by atoms with van der Waals surface area (Å²) in [7, 11) is 0. The number of benzene rings is 2. The van der Waals surface area contributed by atoms with Crippen LogP contribution in [0, 0.1) is 0 Å². The maximum atomic E-state index is 12.3. The quantitative estimate of drug-likeness (QED) is 0.681. The van der Waals surface area contributed by atoms with E-state index in [0.29, 0.717) is 32.9 Å². The molecule has 1 aromatic heterocycles. The first-order chi connectivity index (χ1) is 11.5. The van der Waals surface area contributed by atoms with Crippen molar-refractivity contribution in [3.05, 3.63) is 81.1 Å². The highest BCUT2D eigenvalue weighted by Crippen LogP contribution is 2.22. The molecule has 2 aromatic carbocycles. The molecule has 0 aliphatic rings. The highest BCUT2D eigenvalue weighted by molar-refractivity contribution is 6.37. The van der Waals surface area contributed by atoms with E-state index in [2.05, 4.69) is 10.4 Å². The zero-order valence-corrected chi connectivity index (χ0v) is 14.6. The maximum absolute atomic E-state index is 12.3. The van der Waals surface area contributed by atoms with E-state index in [1.54, 1.807) is 29.2 Å². The molecule has 122 valence electrons. The molecular formula is C17H12Cl3N3O. The fourth-order valence-electron chi connectivity index (χ4n) is 2.21. The van der Waals surface area contributed by atoms with Crippen molar-refractivity contribution in [1.82, 2.24) is 9.78 Å². The first kappa shape index (κ1) is 16.8. The molecule has 4 nitrogen and oxygen atoms in total. The number of nitrogens with one attached hydrogen (secondary N) is 1. The Kier molecular flexibility index (Phi) is 5.09. The van der Waals surface area contributed by atoms with Crippen LogP contribution in [-0.2, 0) is 6.54 Å². The van der Waals surface area contributed by atoms with Gasteiger partial charge in [-0.3, -0.25) is 9.48 Å². The van der Waals surface area contributed by atoms with Crippen LogP contribution in [0.5, 0.6) is 0 Å². The van der Waals surface area contributed by atoms with Gasteiger partial charge >= 0.3 is 0 Å². The molecule has 3 rings (SSSR count). The molecule has 0 atom stereocenters. The van der Waals surface area contributed by atoms with Crippen molar-refractivity contribution in [1.29, 1.82) is 0 Å². The largest absolute Gasteiger partial charge is 0.319 e. The van der Waals surface area contributed by atoms with Gasteiger partial charge in [0.05, 0.1) is 29.0 Å². The van der Waals surface area contributed by atoms with Gasteiger partial charge in [-0.2, -0.15) is 5.10 Å². The summed E-state index contributed by atoms with van der Waals surface area (Å²) in [4.78, 5) is 12.3. The zero-order valence-electron chi connectivity index (χ0n) is 12.3. The minimum atomic E-state index is -0.320. The molecule has 0 spiro atoms. The van der Waals surface area contributed by atoms with E-state index in [0.717, 1.165) is 5.56 Å². The average Bonchev–Trinajstić information content (AvgIpc) is 2.94. The Morgan fingerprint density at radius 2 is 1.88 bits per heavy atom. The van der Waals surface area contributed by atoms with Crippen LogP contribution in [0.3, 0.4) is 0 Å². The van der Waals surface area contributed by atoms with Gasteiger partial charge in [0.25, 0.3) is 5.91 Å². The van der Waals surface area contributed by atoms with E-state index >= 15 is 0 Å². The first-order valence-electron chi connectivity index (χ1n) is 7.04. The fourth-order valence-corrected chi connectivity index (χ4v) is 2.92. The number of hydrogen-bond acceptors (Lipinski definition) is 2. The molecule has 3 aromatic rings. The summed E-state index contributed by atoms with van der Waals surface area (Å²) < 4.78 is 1.71. The highest BCUT2D eigenvalue weighted by Gasteiger charge is 2.12. The van der Waals surface area contributed by atoms with Crippen molar-refractivity contribution in [3.63, 3.8) is 0 Å². The van der Waals surface area contributed by atoms with Crippen LogP contribution in [0.25, 0.3) is 0 Å². The van der Waals surface area contributed by atoms with Crippen LogP contribution in [0.1, 0.15) is 15.9 Å². The molecule has 1 amide bonds. The minimum Gasteiger partial charge on any atom is -0.319 e. The Morgan fingerprint density at radius 3 is 2.62 bits per heavy atom. The number of carbonyl (C=O) groups excluding carboxylic acids is 1. The van der Waals surface area contributed by atoms with Crippen LogP contribution < -0.4 is 5.32 Å². The third kappa shape index (κ3) is 4.09. The molecule has 1 N–H and O–H groups in total. The van der Waals surface area contributed by atoms with Crippen LogP contribution in [0.2, 0.25) is 15.1 Å². The second-order valence-corrected chi connectivity index (χ2v) is 6.41. The summed E-state index contributed by atoms with van der Waals surface area (Å²) in [6.45, 7) is 0.554.